The van der Waals surface area contributed by atoms with E-state index in [1.54, 1.807) is 32.6 Å². The molecule has 1 aliphatic carbocycles. The minimum atomic E-state index is -0.798. The second-order valence-electron chi connectivity index (χ2n) is 12.1. The van der Waals surface area contributed by atoms with Crippen molar-refractivity contribution in [3.05, 3.63) is 12.2 Å². The normalized spacial score (nSPS) is 31.4. The molecule has 3 rings (SSSR count). The monoisotopic (exact) mass is 519 g/mol. The molecule has 5 atom stereocenters. The molecule has 0 radical (unpaired) electrons. The van der Waals surface area contributed by atoms with Gasteiger partial charge in [0.15, 0.2) is 0 Å². The molecule has 9 heteroatoms. The molecule has 1 saturated heterocycles. The zero-order chi connectivity index (χ0) is 27.4. The molecule has 2 aliphatic heterocycles. The van der Waals surface area contributed by atoms with Crippen LogP contribution < -0.4 is 10.6 Å². The highest BCUT2D eigenvalue weighted by atomic mass is 16.6. The van der Waals surface area contributed by atoms with Gasteiger partial charge in [0.1, 0.15) is 23.7 Å². The van der Waals surface area contributed by atoms with E-state index in [2.05, 4.69) is 36.6 Å². The van der Waals surface area contributed by atoms with Gasteiger partial charge in [0, 0.05) is 6.54 Å². The highest BCUT2D eigenvalue weighted by Crippen LogP contribution is 2.64. The third-order valence-electron chi connectivity index (χ3n) is 7.78. The fourth-order valence-corrected chi connectivity index (χ4v) is 5.76. The number of nitrogens with zero attached hydrogens (tertiary/aromatic N) is 1. The average molecular weight is 520 g/mol. The van der Waals surface area contributed by atoms with Gasteiger partial charge in [0.25, 0.3) is 0 Å². The Bertz CT molecular complexity index is 893. The predicted molar refractivity (Wildman–Crippen MR) is 139 cm³/mol. The summed E-state index contributed by atoms with van der Waals surface area (Å²) in [4.78, 5) is 54.3. The Morgan fingerprint density at radius 3 is 2.43 bits per heavy atom. The molecule has 37 heavy (non-hydrogen) atoms. The minimum Gasteiger partial charge on any atom is -0.464 e. The van der Waals surface area contributed by atoms with Gasteiger partial charge in [-0.2, -0.15) is 0 Å². The van der Waals surface area contributed by atoms with Crippen molar-refractivity contribution in [3.63, 3.8) is 0 Å². The molecule has 3 amide bonds. The second-order valence-corrected chi connectivity index (χ2v) is 12.1. The van der Waals surface area contributed by atoms with E-state index >= 15 is 0 Å². The van der Waals surface area contributed by atoms with Gasteiger partial charge < -0.3 is 25.0 Å². The Morgan fingerprint density at radius 2 is 1.78 bits per heavy atom. The molecule has 0 unspecified atom stereocenters. The number of piperidine rings is 1. The first-order valence-electron chi connectivity index (χ1n) is 13.8. The summed E-state index contributed by atoms with van der Waals surface area (Å²) in [6, 6.07) is -2.24. The summed E-state index contributed by atoms with van der Waals surface area (Å²) in [6.07, 6.45) is 8.54. The predicted octanol–water partition coefficient (Wildman–Crippen LogP) is 3.71. The number of carbonyl (C=O) groups is 4. The first-order chi connectivity index (χ1) is 17.4. The van der Waals surface area contributed by atoms with Crippen LogP contribution in [0.2, 0.25) is 0 Å². The fourth-order valence-electron chi connectivity index (χ4n) is 5.76. The van der Waals surface area contributed by atoms with E-state index < -0.39 is 35.8 Å². The maximum absolute atomic E-state index is 13.8. The Balaban J connectivity index is 1.87. The van der Waals surface area contributed by atoms with E-state index in [0.29, 0.717) is 19.4 Å². The van der Waals surface area contributed by atoms with E-state index in [4.69, 9.17) is 9.47 Å². The lowest BCUT2D eigenvalue weighted by molar-refractivity contribution is -0.149. The summed E-state index contributed by atoms with van der Waals surface area (Å²) < 4.78 is 10.7. The Morgan fingerprint density at radius 1 is 1.11 bits per heavy atom. The lowest BCUT2D eigenvalue weighted by Gasteiger charge is -2.34. The average Bonchev–Trinajstić information content (AvgIpc) is 3.13. The van der Waals surface area contributed by atoms with Crippen LogP contribution in [-0.4, -0.2) is 65.7 Å². The summed E-state index contributed by atoms with van der Waals surface area (Å²) >= 11 is 0. The highest BCUT2D eigenvalue weighted by molar-refractivity contribution is 5.94. The van der Waals surface area contributed by atoms with Crippen LogP contribution in [0, 0.1) is 17.3 Å². The van der Waals surface area contributed by atoms with Crippen LogP contribution in [0.25, 0.3) is 0 Å². The van der Waals surface area contributed by atoms with Crippen molar-refractivity contribution in [1.29, 1.82) is 0 Å². The molecular weight excluding hydrogens is 474 g/mol. The van der Waals surface area contributed by atoms with E-state index in [0.717, 1.165) is 32.1 Å². The molecule has 0 aromatic rings. The third-order valence-corrected chi connectivity index (χ3v) is 7.78. The summed E-state index contributed by atoms with van der Waals surface area (Å²) in [5.74, 6) is -0.853. The summed E-state index contributed by atoms with van der Waals surface area (Å²) in [6.45, 7) is 12.0. The van der Waals surface area contributed by atoms with Gasteiger partial charge >= 0.3 is 12.1 Å². The zero-order valence-corrected chi connectivity index (χ0v) is 23.3. The number of alkyl carbamates (subject to hydrolysis) is 1. The van der Waals surface area contributed by atoms with Crippen molar-refractivity contribution in [1.82, 2.24) is 15.5 Å². The van der Waals surface area contributed by atoms with Crippen LogP contribution >= 0.6 is 0 Å². The molecule has 0 bridgehead atoms. The summed E-state index contributed by atoms with van der Waals surface area (Å²) in [7, 11) is 0. The van der Waals surface area contributed by atoms with Crippen LogP contribution in [0.1, 0.15) is 86.5 Å². The van der Waals surface area contributed by atoms with Crippen molar-refractivity contribution in [3.8, 4) is 0 Å². The number of amides is 3. The van der Waals surface area contributed by atoms with Gasteiger partial charge in [-0.15, -0.1) is 0 Å². The molecule has 0 aromatic heterocycles. The van der Waals surface area contributed by atoms with Crippen molar-refractivity contribution >= 4 is 23.9 Å². The van der Waals surface area contributed by atoms with Crippen molar-refractivity contribution in [2.24, 2.45) is 17.3 Å². The van der Waals surface area contributed by atoms with Gasteiger partial charge in [0.2, 0.25) is 11.8 Å². The molecule has 3 aliphatic rings. The van der Waals surface area contributed by atoms with Gasteiger partial charge in [-0.3, -0.25) is 9.59 Å². The maximum Gasteiger partial charge on any atom is 0.408 e. The van der Waals surface area contributed by atoms with E-state index in [9.17, 15) is 19.2 Å². The van der Waals surface area contributed by atoms with Gasteiger partial charge in [0.05, 0.1) is 6.61 Å². The molecule has 208 valence electrons. The Labute approximate surface area is 221 Å². The van der Waals surface area contributed by atoms with Crippen LogP contribution in [0.15, 0.2) is 12.2 Å². The van der Waals surface area contributed by atoms with Crippen molar-refractivity contribution < 1.29 is 28.7 Å². The minimum absolute atomic E-state index is 0.00305. The fraction of sp³-hybridized carbons (Fsp3) is 0.786. The maximum atomic E-state index is 13.8. The number of rotatable bonds is 3. The quantitative estimate of drug-likeness (QED) is 0.434. The lowest BCUT2D eigenvalue weighted by Crippen LogP contribution is -2.57. The number of hydrogen-bond acceptors (Lipinski definition) is 6. The largest absolute Gasteiger partial charge is 0.464 e. The van der Waals surface area contributed by atoms with Crippen LogP contribution in [-0.2, 0) is 23.9 Å². The van der Waals surface area contributed by atoms with Crippen molar-refractivity contribution in [2.45, 2.75) is 110 Å². The van der Waals surface area contributed by atoms with Gasteiger partial charge in [-0.1, -0.05) is 32.4 Å². The van der Waals surface area contributed by atoms with E-state index in [1.165, 1.54) is 0 Å². The molecule has 0 aromatic carbocycles. The number of esters is 1. The number of fused-ring (bicyclic) bond motifs is 3. The van der Waals surface area contributed by atoms with E-state index in [1.807, 2.05) is 0 Å². The first-order valence-corrected chi connectivity index (χ1v) is 13.8. The van der Waals surface area contributed by atoms with Crippen molar-refractivity contribution in [2.75, 3.05) is 13.2 Å². The van der Waals surface area contributed by atoms with Crippen LogP contribution in [0.3, 0.4) is 0 Å². The zero-order valence-electron chi connectivity index (χ0n) is 23.3. The standard InChI is InChI=1S/C28H45N3O6/c1-7-36-25(34)20-16-14-12-10-8-9-11-13-15-19(30-26(35)37-27(2,3)4)24(33)31-17-18-21(28(18,5)6)22(31)23(32)29-20/h8-9,18-22H,7,10-17H2,1-6H3,(H,29,32)(H,30,35)/b9-8+/t18-,19-,20-,21-,22-/m0/s1. The number of hydrogen-bond donors (Lipinski definition) is 2. The number of carbonyl (C=O) groups excluding carboxylic acids is 4. The molecular formula is C28H45N3O6. The Kier molecular flexibility index (Phi) is 9.29. The second kappa shape index (κ2) is 11.9. The van der Waals surface area contributed by atoms with Crippen LogP contribution in [0.5, 0.6) is 0 Å². The van der Waals surface area contributed by atoms with E-state index in [-0.39, 0.29) is 35.7 Å². The Hall–Kier alpha value is -2.58. The molecule has 9 nitrogen and oxygen atoms in total. The number of allylic oxidation sites excluding steroid dienone is 2. The molecule has 2 heterocycles. The van der Waals surface area contributed by atoms with Crippen LogP contribution in [0.4, 0.5) is 4.79 Å². The SMILES string of the molecule is CCOC(=O)[C@@H]1CCCC/C=C/CCC[C@H](NC(=O)OC(C)(C)C)C(=O)N2C[C@H]3[C@@H]([C@H]2C(=O)N1)C3(C)C. The third kappa shape index (κ3) is 7.26. The molecule has 1 saturated carbocycles. The summed E-state index contributed by atoms with van der Waals surface area (Å²) in [5.41, 5.74) is -0.768. The van der Waals surface area contributed by atoms with Gasteiger partial charge in [-0.05, 0) is 83.5 Å². The molecule has 0 spiro atoms. The smallest absolute Gasteiger partial charge is 0.408 e. The first kappa shape index (κ1) is 29.0. The topological polar surface area (TPSA) is 114 Å². The molecule has 2 N–H and O–H groups in total. The molecule has 2 fully saturated rings. The summed E-state index contributed by atoms with van der Waals surface area (Å²) in [5, 5.41) is 5.69. The lowest BCUT2D eigenvalue weighted by atomic mass is 9.98. The number of ether oxygens (including phenoxy) is 2. The highest BCUT2D eigenvalue weighted by Gasteiger charge is 2.69. The van der Waals surface area contributed by atoms with Gasteiger partial charge in [-0.25, -0.2) is 9.59 Å². The number of nitrogens with one attached hydrogen (secondary N) is 2.